The van der Waals surface area contributed by atoms with Crippen LogP contribution in [0.25, 0.3) is 0 Å². The van der Waals surface area contributed by atoms with Crippen LogP contribution in [0.5, 0.6) is 5.75 Å². The van der Waals surface area contributed by atoms with Crippen molar-refractivity contribution in [2.24, 2.45) is 5.10 Å². The van der Waals surface area contributed by atoms with Crippen LogP contribution in [-0.4, -0.2) is 29.1 Å². The van der Waals surface area contributed by atoms with Crippen LogP contribution in [-0.2, 0) is 16.2 Å². The number of hydrazone groups is 1. The number of rotatable bonds is 7. The lowest BCUT2D eigenvalue weighted by atomic mass is 10.1. The molecule has 8 heteroatoms. The molecule has 2 amide bonds. The van der Waals surface area contributed by atoms with Crippen LogP contribution in [0.4, 0.5) is 5.69 Å². The van der Waals surface area contributed by atoms with Gasteiger partial charge in [-0.15, -0.1) is 0 Å². The molecular weight excluding hydrogens is 398 g/mol. The molecule has 3 aromatic rings. The van der Waals surface area contributed by atoms with Crippen LogP contribution in [0.15, 0.2) is 84.0 Å². The van der Waals surface area contributed by atoms with Crippen molar-refractivity contribution < 1.29 is 24.2 Å². The molecule has 8 nitrogen and oxygen atoms in total. The molecule has 0 unspecified atom stereocenters. The molecule has 3 rings (SSSR count). The van der Waals surface area contributed by atoms with Gasteiger partial charge in [-0.2, -0.15) is 5.10 Å². The molecule has 0 saturated carbocycles. The molecule has 0 heterocycles. The van der Waals surface area contributed by atoms with Crippen molar-refractivity contribution in [1.82, 2.24) is 5.43 Å². The van der Waals surface area contributed by atoms with E-state index < -0.39 is 17.8 Å². The minimum absolute atomic E-state index is 0.136. The average molecular weight is 417 g/mol. The number of benzene rings is 3. The molecule has 3 N–H and O–H groups in total. The van der Waals surface area contributed by atoms with E-state index in [9.17, 15) is 14.4 Å². The summed E-state index contributed by atoms with van der Waals surface area (Å²) >= 11 is 0. The minimum atomic E-state index is -1.04. The number of nitrogens with one attached hydrogen (secondary N) is 2. The van der Waals surface area contributed by atoms with Crippen LogP contribution >= 0.6 is 0 Å². The van der Waals surface area contributed by atoms with Gasteiger partial charge in [-0.1, -0.05) is 42.5 Å². The first kappa shape index (κ1) is 21.3. The van der Waals surface area contributed by atoms with Crippen molar-refractivity contribution in [1.29, 1.82) is 0 Å². The Labute approximate surface area is 178 Å². The summed E-state index contributed by atoms with van der Waals surface area (Å²) in [6, 6.07) is 22.2. The number of carboxylic acids is 1. The van der Waals surface area contributed by atoms with Crippen LogP contribution in [0, 0.1) is 0 Å². The van der Waals surface area contributed by atoms with Gasteiger partial charge in [0.05, 0.1) is 11.8 Å². The molecule has 0 radical (unpaired) electrons. The number of carbonyl (C=O) groups is 3. The van der Waals surface area contributed by atoms with Crippen molar-refractivity contribution in [3.05, 3.63) is 95.6 Å². The maximum Gasteiger partial charge on any atom is 0.335 e. The Hall–Kier alpha value is -4.46. The van der Waals surface area contributed by atoms with Gasteiger partial charge in [0.1, 0.15) is 12.4 Å². The number of aromatic carboxylic acids is 1. The van der Waals surface area contributed by atoms with Gasteiger partial charge < -0.3 is 15.2 Å². The third-order valence-electron chi connectivity index (χ3n) is 4.10. The first-order chi connectivity index (χ1) is 15.0. The molecule has 0 aliphatic heterocycles. The predicted molar refractivity (Wildman–Crippen MR) is 115 cm³/mol. The van der Waals surface area contributed by atoms with E-state index in [0.717, 1.165) is 5.56 Å². The topological polar surface area (TPSA) is 117 Å². The summed E-state index contributed by atoms with van der Waals surface area (Å²) in [5.41, 5.74) is 4.29. The lowest BCUT2D eigenvalue weighted by Gasteiger charge is -2.08. The van der Waals surface area contributed by atoms with Crippen molar-refractivity contribution in [3.8, 4) is 5.75 Å². The minimum Gasteiger partial charge on any atom is -0.489 e. The fourth-order valence-corrected chi connectivity index (χ4v) is 2.49. The Morgan fingerprint density at radius 1 is 0.871 bits per heavy atom. The monoisotopic (exact) mass is 417 g/mol. The second kappa shape index (κ2) is 10.4. The van der Waals surface area contributed by atoms with E-state index in [1.165, 1.54) is 30.5 Å². The van der Waals surface area contributed by atoms with E-state index in [2.05, 4.69) is 15.8 Å². The highest BCUT2D eigenvalue weighted by Crippen LogP contribution is 2.17. The molecule has 0 fully saturated rings. The smallest absolute Gasteiger partial charge is 0.335 e. The van der Waals surface area contributed by atoms with Crippen LogP contribution in [0.1, 0.15) is 21.5 Å². The summed E-state index contributed by atoms with van der Waals surface area (Å²) < 4.78 is 5.67. The van der Waals surface area contributed by atoms with E-state index in [1.54, 1.807) is 24.3 Å². The maximum atomic E-state index is 12.0. The summed E-state index contributed by atoms with van der Waals surface area (Å²) in [4.78, 5) is 34.7. The van der Waals surface area contributed by atoms with Crippen LogP contribution < -0.4 is 15.5 Å². The van der Waals surface area contributed by atoms with Crippen molar-refractivity contribution in [2.75, 3.05) is 5.32 Å². The zero-order chi connectivity index (χ0) is 22.1. The second-order valence-corrected chi connectivity index (χ2v) is 6.38. The van der Waals surface area contributed by atoms with Crippen LogP contribution in [0.3, 0.4) is 0 Å². The normalized spacial score (nSPS) is 10.5. The maximum absolute atomic E-state index is 12.0. The molecule has 0 bridgehead atoms. The molecule has 31 heavy (non-hydrogen) atoms. The number of nitrogens with zero attached hydrogens (tertiary/aromatic N) is 1. The highest BCUT2D eigenvalue weighted by molar-refractivity contribution is 6.39. The van der Waals surface area contributed by atoms with Gasteiger partial charge in [-0.25, -0.2) is 10.2 Å². The Kier molecular flexibility index (Phi) is 7.10. The summed E-state index contributed by atoms with van der Waals surface area (Å²) in [5, 5.41) is 15.0. The highest BCUT2D eigenvalue weighted by Gasteiger charge is 2.12. The summed E-state index contributed by atoms with van der Waals surface area (Å²) in [5.74, 6) is -2.23. The zero-order valence-corrected chi connectivity index (χ0v) is 16.3. The Balaban J connectivity index is 1.46. The van der Waals surface area contributed by atoms with Gasteiger partial charge in [0.25, 0.3) is 0 Å². The number of carboxylic acid groups (broad SMARTS) is 1. The number of hydrogen-bond acceptors (Lipinski definition) is 5. The van der Waals surface area contributed by atoms with E-state index >= 15 is 0 Å². The lowest BCUT2D eigenvalue weighted by molar-refractivity contribution is -0.136. The Bertz CT molecular complexity index is 1080. The standard InChI is InChI=1S/C23H19N3O5/c27-21(22(28)26-24-14-16-6-8-18(9-7-16)23(29)30)25-19-10-12-20(13-11-19)31-15-17-4-2-1-3-5-17/h1-14H,15H2,(H,25,27)(H,26,28)(H,29,30)/b24-14-. The first-order valence-corrected chi connectivity index (χ1v) is 9.26. The number of hydrogen-bond donors (Lipinski definition) is 3. The zero-order valence-electron chi connectivity index (χ0n) is 16.3. The predicted octanol–water partition coefficient (Wildman–Crippen LogP) is 3.05. The fourth-order valence-electron chi connectivity index (χ4n) is 2.49. The first-order valence-electron chi connectivity index (χ1n) is 9.26. The molecular formula is C23H19N3O5. The van der Waals surface area contributed by atoms with E-state index in [1.807, 2.05) is 30.3 Å². The summed E-state index contributed by atoms with van der Waals surface area (Å²) in [6.45, 7) is 0.423. The SMILES string of the molecule is O=C(N/N=C\c1ccc(C(=O)O)cc1)C(=O)Nc1ccc(OCc2ccccc2)cc1. The van der Waals surface area contributed by atoms with E-state index in [-0.39, 0.29) is 5.56 Å². The number of ether oxygens (including phenoxy) is 1. The van der Waals surface area contributed by atoms with Gasteiger partial charge >= 0.3 is 17.8 Å². The Morgan fingerprint density at radius 3 is 2.19 bits per heavy atom. The van der Waals surface area contributed by atoms with E-state index in [4.69, 9.17) is 9.84 Å². The van der Waals surface area contributed by atoms with Gasteiger partial charge in [0.15, 0.2) is 0 Å². The second-order valence-electron chi connectivity index (χ2n) is 6.38. The molecule has 0 atom stereocenters. The van der Waals surface area contributed by atoms with Gasteiger partial charge in [0.2, 0.25) is 0 Å². The molecule has 0 aliphatic carbocycles. The molecule has 3 aromatic carbocycles. The third kappa shape index (κ3) is 6.53. The van der Waals surface area contributed by atoms with Gasteiger partial charge in [-0.05, 0) is 47.5 Å². The molecule has 0 saturated heterocycles. The molecule has 156 valence electrons. The average Bonchev–Trinajstić information content (AvgIpc) is 2.79. The van der Waals surface area contributed by atoms with Gasteiger partial charge in [-0.3, -0.25) is 9.59 Å². The van der Waals surface area contributed by atoms with Crippen molar-refractivity contribution >= 4 is 29.7 Å². The summed E-state index contributed by atoms with van der Waals surface area (Å²) in [6.07, 6.45) is 1.30. The Morgan fingerprint density at radius 2 is 1.55 bits per heavy atom. The number of anilines is 1. The largest absolute Gasteiger partial charge is 0.489 e. The van der Waals surface area contributed by atoms with Crippen LogP contribution in [0.2, 0.25) is 0 Å². The molecule has 0 aliphatic rings. The quantitative estimate of drug-likeness (QED) is 0.310. The molecule has 0 aromatic heterocycles. The number of carbonyl (C=O) groups excluding carboxylic acids is 2. The van der Waals surface area contributed by atoms with Crippen molar-refractivity contribution in [2.45, 2.75) is 6.61 Å². The lowest BCUT2D eigenvalue weighted by Crippen LogP contribution is -2.32. The number of amides is 2. The van der Waals surface area contributed by atoms with E-state index in [0.29, 0.717) is 23.6 Å². The third-order valence-corrected chi connectivity index (χ3v) is 4.10. The molecule has 0 spiro atoms. The van der Waals surface area contributed by atoms with Gasteiger partial charge in [0, 0.05) is 5.69 Å². The van der Waals surface area contributed by atoms with Crippen molar-refractivity contribution in [3.63, 3.8) is 0 Å². The fraction of sp³-hybridized carbons (Fsp3) is 0.0435. The highest BCUT2D eigenvalue weighted by atomic mass is 16.5. The summed E-state index contributed by atoms with van der Waals surface area (Å²) in [7, 11) is 0.